The molecule has 1 aromatic heterocycles. The van der Waals surface area contributed by atoms with Gasteiger partial charge in [0.25, 0.3) is 0 Å². The molecule has 1 aromatic carbocycles. The molecule has 2 aromatic rings. The Morgan fingerprint density at radius 3 is 2.62 bits per heavy atom. The molecular formula is C18H22N4O3S. The van der Waals surface area contributed by atoms with Gasteiger partial charge in [-0.05, 0) is 44.0 Å². The van der Waals surface area contributed by atoms with Crippen molar-refractivity contribution in [3.8, 4) is 10.6 Å². The lowest BCUT2D eigenvalue weighted by Gasteiger charge is -2.31. The summed E-state index contributed by atoms with van der Waals surface area (Å²) >= 11 is 1.58. The van der Waals surface area contributed by atoms with Crippen LogP contribution in [0.25, 0.3) is 10.6 Å². The summed E-state index contributed by atoms with van der Waals surface area (Å²) in [5.74, 6) is 0. The van der Waals surface area contributed by atoms with E-state index in [0.29, 0.717) is 19.7 Å². The molecule has 0 bridgehead atoms. The Morgan fingerprint density at radius 2 is 2.00 bits per heavy atom. The van der Waals surface area contributed by atoms with E-state index in [9.17, 15) is 9.59 Å². The van der Waals surface area contributed by atoms with E-state index in [-0.39, 0.29) is 18.2 Å². The van der Waals surface area contributed by atoms with Crippen molar-refractivity contribution in [1.82, 2.24) is 15.2 Å². The second kappa shape index (κ2) is 8.66. The molecule has 8 heteroatoms. The highest BCUT2D eigenvalue weighted by Gasteiger charge is 2.24. The van der Waals surface area contributed by atoms with Crippen LogP contribution in [0, 0.1) is 0 Å². The molecule has 0 unspecified atom stereocenters. The van der Waals surface area contributed by atoms with Crippen molar-refractivity contribution in [2.75, 3.05) is 25.0 Å². The summed E-state index contributed by atoms with van der Waals surface area (Å²) in [5.41, 5.74) is 1.75. The Hall–Kier alpha value is -2.61. The molecule has 1 aliphatic rings. The zero-order chi connectivity index (χ0) is 18.4. The van der Waals surface area contributed by atoms with E-state index in [0.717, 1.165) is 29.1 Å². The predicted octanol–water partition coefficient (Wildman–Crippen LogP) is 3.55. The van der Waals surface area contributed by atoms with Crippen molar-refractivity contribution < 1.29 is 14.3 Å². The number of rotatable bonds is 4. The summed E-state index contributed by atoms with van der Waals surface area (Å²) in [6.45, 7) is 3.35. The van der Waals surface area contributed by atoms with Crippen LogP contribution in [0.2, 0.25) is 0 Å². The van der Waals surface area contributed by atoms with Gasteiger partial charge >= 0.3 is 12.1 Å². The number of anilines is 1. The molecule has 2 heterocycles. The molecule has 1 saturated heterocycles. The fourth-order valence-corrected chi connectivity index (χ4v) is 3.48. The standard InChI is InChI=1S/C18H22N4O3S/c1-2-25-18(24)22-10-7-15(8-11-22)21-17(23)20-14-5-3-13(4-6-14)16-19-9-12-26-16/h3-6,9,12,15H,2,7-8,10-11H2,1H3,(H2,20,21,23). The first-order valence-corrected chi connectivity index (χ1v) is 9.53. The second-order valence-electron chi connectivity index (χ2n) is 5.97. The maximum Gasteiger partial charge on any atom is 0.409 e. The van der Waals surface area contributed by atoms with Crippen LogP contribution in [-0.2, 0) is 4.74 Å². The van der Waals surface area contributed by atoms with Crippen molar-refractivity contribution in [2.45, 2.75) is 25.8 Å². The van der Waals surface area contributed by atoms with Crippen molar-refractivity contribution in [2.24, 2.45) is 0 Å². The highest BCUT2D eigenvalue weighted by molar-refractivity contribution is 7.13. The number of likely N-dealkylation sites (tertiary alicyclic amines) is 1. The lowest BCUT2D eigenvalue weighted by atomic mass is 10.1. The molecule has 1 aliphatic heterocycles. The molecule has 3 rings (SSSR count). The van der Waals surface area contributed by atoms with Crippen molar-refractivity contribution in [3.63, 3.8) is 0 Å². The number of carbonyl (C=O) groups excluding carboxylic acids is 2. The van der Waals surface area contributed by atoms with Crippen LogP contribution in [0.3, 0.4) is 0 Å². The number of nitrogens with one attached hydrogen (secondary N) is 2. The molecular weight excluding hydrogens is 352 g/mol. The quantitative estimate of drug-likeness (QED) is 0.857. The topological polar surface area (TPSA) is 83.6 Å². The van der Waals surface area contributed by atoms with Crippen molar-refractivity contribution in [1.29, 1.82) is 0 Å². The van der Waals surface area contributed by atoms with Gasteiger partial charge in [-0.1, -0.05) is 0 Å². The van der Waals surface area contributed by atoms with Gasteiger partial charge in [0, 0.05) is 42.0 Å². The summed E-state index contributed by atoms with van der Waals surface area (Å²) in [4.78, 5) is 29.8. The minimum atomic E-state index is -0.282. The summed E-state index contributed by atoms with van der Waals surface area (Å²) in [6, 6.07) is 7.41. The number of piperidine rings is 1. The number of thiazole rings is 1. The first kappa shape index (κ1) is 18.2. The third-order valence-corrected chi connectivity index (χ3v) is 5.00. The van der Waals surface area contributed by atoms with E-state index in [2.05, 4.69) is 15.6 Å². The van der Waals surface area contributed by atoms with Crippen molar-refractivity contribution >= 4 is 29.1 Å². The summed E-state index contributed by atoms with van der Waals surface area (Å²) in [6.07, 6.45) is 2.92. The van der Waals surface area contributed by atoms with E-state index < -0.39 is 0 Å². The number of benzene rings is 1. The highest BCUT2D eigenvalue weighted by atomic mass is 32.1. The van der Waals surface area contributed by atoms with Gasteiger partial charge in [0.2, 0.25) is 0 Å². The zero-order valence-corrected chi connectivity index (χ0v) is 15.4. The van der Waals surface area contributed by atoms with Gasteiger partial charge in [-0.15, -0.1) is 11.3 Å². The largest absolute Gasteiger partial charge is 0.450 e. The zero-order valence-electron chi connectivity index (χ0n) is 14.6. The SMILES string of the molecule is CCOC(=O)N1CCC(NC(=O)Nc2ccc(-c3nccs3)cc2)CC1. The summed E-state index contributed by atoms with van der Waals surface area (Å²) in [5, 5.41) is 8.69. The smallest absolute Gasteiger partial charge is 0.409 e. The third kappa shape index (κ3) is 4.72. The molecule has 0 saturated carbocycles. The maximum absolute atomic E-state index is 12.2. The Balaban J connectivity index is 1.45. The monoisotopic (exact) mass is 374 g/mol. The first-order valence-electron chi connectivity index (χ1n) is 8.65. The van der Waals surface area contributed by atoms with E-state index in [1.807, 2.05) is 29.6 Å². The maximum atomic E-state index is 12.2. The minimum Gasteiger partial charge on any atom is -0.450 e. The minimum absolute atomic E-state index is 0.0512. The fraction of sp³-hybridized carbons (Fsp3) is 0.389. The van der Waals surface area contributed by atoms with Gasteiger partial charge in [0.1, 0.15) is 5.01 Å². The first-order chi connectivity index (χ1) is 12.7. The van der Waals surface area contributed by atoms with Crippen LogP contribution in [0.1, 0.15) is 19.8 Å². The Kier molecular flexibility index (Phi) is 6.06. The molecule has 0 aliphatic carbocycles. The molecule has 0 radical (unpaired) electrons. The molecule has 1 fully saturated rings. The normalized spacial score (nSPS) is 14.7. The molecule has 3 amide bonds. The number of hydrogen-bond acceptors (Lipinski definition) is 5. The van der Waals surface area contributed by atoms with Gasteiger partial charge in [0.05, 0.1) is 6.61 Å². The molecule has 26 heavy (non-hydrogen) atoms. The summed E-state index contributed by atoms with van der Waals surface area (Å²) < 4.78 is 5.00. The average Bonchev–Trinajstić information content (AvgIpc) is 3.18. The number of ether oxygens (including phenoxy) is 1. The third-order valence-electron chi connectivity index (χ3n) is 4.18. The van der Waals surface area contributed by atoms with Crippen LogP contribution in [0.15, 0.2) is 35.8 Å². The number of hydrogen-bond donors (Lipinski definition) is 2. The second-order valence-corrected chi connectivity index (χ2v) is 6.87. The Labute approximate surface area is 156 Å². The van der Waals surface area contributed by atoms with E-state index in [1.54, 1.807) is 29.4 Å². The highest BCUT2D eigenvalue weighted by Crippen LogP contribution is 2.23. The van der Waals surface area contributed by atoms with Crippen LogP contribution < -0.4 is 10.6 Å². The fourth-order valence-electron chi connectivity index (χ4n) is 2.84. The predicted molar refractivity (Wildman–Crippen MR) is 101 cm³/mol. The van der Waals surface area contributed by atoms with E-state index in [1.165, 1.54) is 0 Å². The van der Waals surface area contributed by atoms with Gasteiger partial charge in [-0.3, -0.25) is 0 Å². The Morgan fingerprint density at radius 1 is 1.27 bits per heavy atom. The molecule has 7 nitrogen and oxygen atoms in total. The van der Waals surface area contributed by atoms with Crippen LogP contribution in [-0.4, -0.2) is 47.7 Å². The van der Waals surface area contributed by atoms with Gasteiger partial charge in [-0.2, -0.15) is 0 Å². The lowest BCUT2D eigenvalue weighted by Crippen LogP contribution is -2.47. The van der Waals surface area contributed by atoms with Gasteiger partial charge in [-0.25, -0.2) is 14.6 Å². The van der Waals surface area contributed by atoms with Gasteiger partial charge in [0.15, 0.2) is 0 Å². The number of urea groups is 1. The van der Waals surface area contributed by atoms with Crippen LogP contribution in [0.4, 0.5) is 15.3 Å². The van der Waals surface area contributed by atoms with E-state index in [4.69, 9.17) is 4.74 Å². The number of nitrogens with zero attached hydrogens (tertiary/aromatic N) is 2. The number of aromatic nitrogens is 1. The molecule has 0 atom stereocenters. The van der Waals surface area contributed by atoms with Crippen LogP contribution >= 0.6 is 11.3 Å². The van der Waals surface area contributed by atoms with Crippen molar-refractivity contribution in [3.05, 3.63) is 35.8 Å². The van der Waals surface area contributed by atoms with Crippen LogP contribution in [0.5, 0.6) is 0 Å². The molecule has 2 N–H and O–H groups in total. The van der Waals surface area contributed by atoms with E-state index >= 15 is 0 Å². The number of carbonyl (C=O) groups is 2. The van der Waals surface area contributed by atoms with Gasteiger partial charge < -0.3 is 20.3 Å². The lowest BCUT2D eigenvalue weighted by molar-refractivity contribution is 0.0959. The molecule has 0 spiro atoms. The number of amides is 3. The average molecular weight is 374 g/mol. The molecule has 138 valence electrons. The summed E-state index contributed by atoms with van der Waals surface area (Å²) in [7, 11) is 0. The Bertz CT molecular complexity index is 725.